The number of likely N-dealkylation sites (tertiary alicyclic amines) is 1. The van der Waals surface area contributed by atoms with E-state index in [2.05, 4.69) is 17.9 Å². The molecule has 0 unspecified atom stereocenters. The molecular weight excluding hydrogens is 160 g/mol. The molecule has 0 aromatic rings. The van der Waals surface area contributed by atoms with Crippen LogP contribution in [0.2, 0.25) is 0 Å². The Morgan fingerprint density at radius 3 is 2.92 bits per heavy atom. The van der Waals surface area contributed by atoms with Crippen molar-refractivity contribution in [2.24, 2.45) is 5.73 Å². The van der Waals surface area contributed by atoms with Crippen LogP contribution in [0, 0.1) is 0 Å². The minimum absolute atomic E-state index is 0.793. The lowest BCUT2D eigenvalue weighted by atomic mass is 10.1. The highest BCUT2D eigenvalue weighted by molar-refractivity contribution is 5.04. The molecule has 0 aromatic heterocycles. The van der Waals surface area contributed by atoms with Gasteiger partial charge in [-0.2, -0.15) is 0 Å². The van der Waals surface area contributed by atoms with Crippen molar-refractivity contribution < 1.29 is 0 Å². The maximum Gasteiger partial charge on any atom is 0.00185 e. The van der Waals surface area contributed by atoms with Crippen LogP contribution in [0.25, 0.3) is 0 Å². The molecule has 0 aliphatic carbocycles. The van der Waals surface area contributed by atoms with Crippen LogP contribution in [-0.2, 0) is 0 Å². The fourth-order valence-electron chi connectivity index (χ4n) is 1.88. The van der Waals surface area contributed by atoms with Crippen LogP contribution in [0.15, 0.2) is 11.6 Å². The van der Waals surface area contributed by atoms with Gasteiger partial charge in [0.15, 0.2) is 0 Å². The molecular formula is C11H22N2. The predicted molar refractivity (Wildman–Crippen MR) is 57.7 cm³/mol. The van der Waals surface area contributed by atoms with Gasteiger partial charge in [0.05, 0.1) is 0 Å². The summed E-state index contributed by atoms with van der Waals surface area (Å²) in [5, 5.41) is 0. The van der Waals surface area contributed by atoms with E-state index in [1.165, 1.54) is 38.9 Å². The SMILES string of the molecule is CCN1CCCC(=CCCN)CC1. The summed E-state index contributed by atoms with van der Waals surface area (Å²) < 4.78 is 0. The van der Waals surface area contributed by atoms with E-state index in [4.69, 9.17) is 5.73 Å². The van der Waals surface area contributed by atoms with Crippen molar-refractivity contribution in [2.45, 2.75) is 32.6 Å². The predicted octanol–water partition coefficient (Wildman–Crippen LogP) is 1.77. The van der Waals surface area contributed by atoms with Crippen molar-refractivity contribution >= 4 is 0 Å². The van der Waals surface area contributed by atoms with Crippen molar-refractivity contribution in [2.75, 3.05) is 26.2 Å². The second-order valence-corrected chi connectivity index (χ2v) is 3.73. The van der Waals surface area contributed by atoms with Gasteiger partial charge >= 0.3 is 0 Å². The molecule has 0 aromatic carbocycles. The summed E-state index contributed by atoms with van der Waals surface area (Å²) in [5.41, 5.74) is 7.11. The second kappa shape index (κ2) is 6.17. The minimum Gasteiger partial charge on any atom is -0.330 e. The van der Waals surface area contributed by atoms with Gasteiger partial charge in [0.25, 0.3) is 0 Å². The van der Waals surface area contributed by atoms with Crippen molar-refractivity contribution in [1.29, 1.82) is 0 Å². The molecule has 2 heteroatoms. The molecule has 2 nitrogen and oxygen atoms in total. The topological polar surface area (TPSA) is 29.3 Å². The number of nitrogens with zero attached hydrogens (tertiary/aromatic N) is 1. The fourth-order valence-corrected chi connectivity index (χ4v) is 1.88. The molecule has 76 valence electrons. The molecule has 1 saturated heterocycles. The summed E-state index contributed by atoms with van der Waals surface area (Å²) in [4.78, 5) is 2.53. The van der Waals surface area contributed by atoms with Gasteiger partial charge in [-0.25, -0.2) is 0 Å². The lowest BCUT2D eigenvalue weighted by Crippen LogP contribution is -2.23. The molecule has 0 saturated carbocycles. The largest absolute Gasteiger partial charge is 0.330 e. The zero-order valence-electron chi connectivity index (χ0n) is 8.76. The van der Waals surface area contributed by atoms with Crippen LogP contribution in [0.4, 0.5) is 0 Å². The zero-order valence-corrected chi connectivity index (χ0v) is 8.76. The highest BCUT2D eigenvalue weighted by atomic mass is 15.1. The summed E-state index contributed by atoms with van der Waals surface area (Å²) in [6, 6.07) is 0. The standard InChI is InChI=1S/C11H22N2/c1-2-13-9-4-6-11(7-10-13)5-3-8-12/h5H,2-4,6-10,12H2,1H3. The number of nitrogens with two attached hydrogens (primary N) is 1. The van der Waals surface area contributed by atoms with Crippen molar-refractivity contribution in [1.82, 2.24) is 4.90 Å². The average Bonchev–Trinajstić information content (AvgIpc) is 2.39. The second-order valence-electron chi connectivity index (χ2n) is 3.73. The van der Waals surface area contributed by atoms with E-state index in [0.29, 0.717) is 0 Å². The summed E-state index contributed by atoms with van der Waals surface area (Å²) >= 11 is 0. The first-order valence-corrected chi connectivity index (χ1v) is 5.47. The molecule has 1 rings (SSSR count). The Balaban J connectivity index is 2.35. The quantitative estimate of drug-likeness (QED) is 0.674. The monoisotopic (exact) mass is 182 g/mol. The zero-order chi connectivity index (χ0) is 9.52. The smallest absolute Gasteiger partial charge is 0.00185 e. The van der Waals surface area contributed by atoms with Crippen LogP contribution >= 0.6 is 0 Å². The van der Waals surface area contributed by atoms with Crippen LogP contribution < -0.4 is 5.73 Å². The normalized spacial score (nSPS) is 23.4. The summed E-state index contributed by atoms with van der Waals surface area (Å²) in [5.74, 6) is 0. The van der Waals surface area contributed by atoms with Gasteiger partial charge in [0, 0.05) is 6.54 Å². The van der Waals surface area contributed by atoms with E-state index in [0.717, 1.165) is 13.0 Å². The Hall–Kier alpha value is -0.340. The van der Waals surface area contributed by atoms with Gasteiger partial charge in [-0.15, -0.1) is 0 Å². The fraction of sp³-hybridized carbons (Fsp3) is 0.818. The third-order valence-electron chi connectivity index (χ3n) is 2.77. The van der Waals surface area contributed by atoms with Gasteiger partial charge in [0.1, 0.15) is 0 Å². The van der Waals surface area contributed by atoms with Crippen molar-refractivity contribution in [3.63, 3.8) is 0 Å². The van der Waals surface area contributed by atoms with E-state index < -0.39 is 0 Å². The number of hydrogen-bond donors (Lipinski definition) is 1. The molecule has 2 N–H and O–H groups in total. The lowest BCUT2D eigenvalue weighted by Gasteiger charge is -2.15. The van der Waals surface area contributed by atoms with Gasteiger partial charge in [-0.1, -0.05) is 18.6 Å². The van der Waals surface area contributed by atoms with Gasteiger partial charge < -0.3 is 10.6 Å². The first kappa shape index (κ1) is 10.7. The molecule has 13 heavy (non-hydrogen) atoms. The Morgan fingerprint density at radius 1 is 1.38 bits per heavy atom. The van der Waals surface area contributed by atoms with E-state index in [-0.39, 0.29) is 0 Å². The third-order valence-corrected chi connectivity index (χ3v) is 2.77. The molecule has 0 bridgehead atoms. The molecule has 1 fully saturated rings. The van der Waals surface area contributed by atoms with E-state index in [1.54, 1.807) is 5.57 Å². The maximum atomic E-state index is 5.48. The first-order chi connectivity index (χ1) is 6.36. The highest BCUT2D eigenvalue weighted by Crippen LogP contribution is 2.16. The molecule has 0 radical (unpaired) electrons. The molecule has 0 atom stereocenters. The van der Waals surface area contributed by atoms with Crippen LogP contribution in [0.5, 0.6) is 0 Å². The van der Waals surface area contributed by atoms with Crippen LogP contribution in [0.1, 0.15) is 32.6 Å². The molecule has 1 heterocycles. The number of hydrogen-bond acceptors (Lipinski definition) is 2. The Labute approximate surface area is 81.8 Å². The van der Waals surface area contributed by atoms with Gasteiger partial charge in [-0.3, -0.25) is 0 Å². The van der Waals surface area contributed by atoms with Crippen molar-refractivity contribution in [3.8, 4) is 0 Å². The molecule has 0 amide bonds. The molecule has 0 spiro atoms. The lowest BCUT2D eigenvalue weighted by molar-refractivity contribution is 0.302. The summed E-state index contributed by atoms with van der Waals surface area (Å²) in [7, 11) is 0. The van der Waals surface area contributed by atoms with E-state index in [9.17, 15) is 0 Å². The van der Waals surface area contributed by atoms with Gasteiger partial charge in [-0.05, 0) is 45.3 Å². The highest BCUT2D eigenvalue weighted by Gasteiger charge is 2.09. The summed E-state index contributed by atoms with van der Waals surface area (Å²) in [6.45, 7) is 6.75. The van der Waals surface area contributed by atoms with Crippen LogP contribution in [0.3, 0.4) is 0 Å². The maximum absolute atomic E-state index is 5.48. The first-order valence-electron chi connectivity index (χ1n) is 5.47. The summed E-state index contributed by atoms with van der Waals surface area (Å²) in [6.07, 6.45) is 7.27. The minimum atomic E-state index is 0.793. The van der Waals surface area contributed by atoms with E-state index in [1.807, 2.05) is 0 Å². The number of rotatable bonds is 3. The molecule has 1 aliphatic rings. The molecule has 1 aliphatic heterocycles. The Morgan fingerprint density at radius 2 is 2.23 bits per heavy atom. The van der Waals surface area contributed by atoms with E-state index >= 15 is 0 Å². The van der Waals surface area contributed by atoms with Crippen molar-refractivity contribution in [3.05, 3.63) is 11.6 Å². The Kier molecular flexibility index (Phi) is 5.09. The van der Waals surface area contributed by atoms with Gasteiger partial charge in [0.2, 0.25) is 0 Å². The average molecular weight is 182 g/mol. The third kappa shape index (κ3) is 3.92. The van der Waals surface area contributed by atoms with Crippen LogP contribution in [-0.4, -0.2) is 31.1 Å². The Bertz CT molecular complexity index is 163.